The predicted molar refractivity (Wildman–Crippen MR) is 112 cm³/mol. The highest BCUT2D eigenvalue weighted by atomic mass is 32.2. The van der Waals surface area contributed by atoms with E-state index in [1.165, 1.54) is 16.4 Å². The molecular weight excluding hydrogens is 402 g/mol. The van der Waals surface area contributed by atoms with Crippen molar-refractivity contribution in [2.45, 2.75) is 49.8 Å². The van der Waals surface area contributed by atoms with E-state index in [0.29, 0.717) is 25.2 Å². The Labute approximate surface area is 177 Å². The molecule has 1 amide bonds. The Morgan fingerprint density at radius 2 is 1.67 bits per heavy atom. The Bertz CT molecular complexity index is 985. The first-order chi connectivity index (χ1) is 14.4. The van der Waals surface area contributed by atoms with Crippen LogP contribution in [0.3, 0.4) is 0 Å². The number of sulfonamides is 1. The molecule has 3 unspecified atom stereocenters. The number of nitrogens with zero attached hydrogens (tertiary/aromatic N) is 3. The fourth-order valence-corrected chi connectivity index (χ4v) is 5.94. The fraction of sp³-hybridized carbons (Fsp3) is 0.455. The molecule has 1 aromatic carbocycles. The maximum atomic E-state index is 13.1. The van der Waals surface area contributed by atoms with E-state index in [2.05, 4.69) is 4.98 Å². The lowest BCUT2D eigenvalue weighted by Gasteiger charge is -2.34. The van der Waals surface area contributed by atoms with Crippen molar-refractivity contribution in [3.8, 4) is 0 Å². The molecule has 0 N–H and O–H groups in total. The molecule has 0 saturated carbocycles. The van der Waals surface area contributed by atoms with Crippen LogP contribution in [-0.2, 0) is 14.8 Å². The summed E-state index contributed by atoms with van der Waals surface area (Å²) in [5.74, 6) is -0.0770. The lowest BCUT2D eigenvalue weighted by atomic mass is 10.1. The van der Waals surface area contributed by atoms with Gasteiger partial charge in [-0.05, 0) is 68.7 Å². The molecule has 2 aliphatic heterocycles. The quantitative estimate of drug-likeness (QED) is 0.747. The third-order valence-electron chi connectivity index (χ3n) is 5.73. The number of amides is 1. The second-order valence-corrected chi connectivity index (χ2v) is 9.98. The van der Waals surface area contributed by atoms with Crippen molar-refractivity contribution >= 4 is 15.9 Å². The zero-order valence-electron chi connectivity index (χ0n) is 17.3. The molecule has 1 aromatic heterocycles. The fourth-order valence-electron chi connectivity index (χ4n) is 4.35. The summed E-state index contributed by atoms with van der Waals surface area (Å²) in [6.45, 7) is 5.09. The molecule has 2 aliphatic rings. The second-order valence-electron chi connectivity index (χ2n) is 8.04. The number of pyridine rings is 1. The number of hydrogen-bond acceptors (Lipinski definition) is 5. The number of aromatic nitrogens is 1. The molecule has 2 aromatic rings. The summed E-state index contributed by atoms with van der Waals surface area (Å²) in [6, 6.07) is 10.2. The van der Waals surface area contributed by atoms with Crippen molar-refractivity contribution in [1.82, 2.24) is 14.2 Å². The molecule has 0 aliphatic carbocycles. The number of likely N-dealkylation sites (tertiary alicyclic amines) is 1. The summed E-state index contributed by atoms with van der Waals surface area (Å²) in [5, 5.41) is 0. The van der Waals surface area contributed by atoms with Crippen LogP contribution in [-0.4, -0.2) is 60.4 Å². The monoisotopic (exact) mass is 429 g/mol. The molecule has 2 saturated heterocycles. The van der Waals surface area contributed by atoms with E-state index >= 15 is 0 Å². The van der Waals surface area contributed by atoms with Crippen LogP contribution < -0.4 is 0 Å². The number of carbonyl (C=O) groups excluding carboxylic acids is 1. The van der Waals surface area contributed by atoms with Crippen LogP contribution in [0.1, 0.15) is 48.7 Å². The van der Waals surface area contributed by atoms with Gasteiger partial charge in [-0.3, -0.25) is 9.78 Å². The Morgan fingerprint density at radius 3 is 2.30 bits per heavy atom. The number of morpholine rings is 1. The highest BCUT2D eigenvalue weighted by Gasteiger charge is 2.33. The van der Waals surface area contributed by atoms with Gasteiger partial charge in [0.1, 0.15) is 0 Å². The highest BCUT2D eigenvalue weighted by molar-refractivity contribution is 7.89. The smallest absolute Gasteiger partial charge is 0.254 e. The summed E-state index contributed by atoms with van der Waals surface area (Å²) < 4.78 is 33.1. The van der Waals surface area contributed by atoms with Crippen molar-refractivity contribution in [2.75, 3.05) is 19.6 Å². The Hall–Kier alpha value is -2.29. The molecule has 0 bridgehead atoms. The molecule has 3 atom stereocenters. The second kappa shape index (κ2) is 8.45. The van der Waals surface area contributed by atoms with Gasteiger partial charge in [-0.2, -0.15) is 4.31 Å². The number of hydrogen-bond donors (Lipinski definition) is 0. The largest absolute Gasteiger partial charge is 0.373 e. The number of carbonyl (C=O) groups is 1. The van der Waals surface area contributed by atoms with Gasteiger partial charge < -0.3 is 9.64 Å². The maximum absolute atomic E-state index is 13.1. The number of ether oxygens (including phenoxy) is 1. The highest BCUT2D eigenvalue weighted by Crippen LogP contribution is 2.33. The van der Waals surface area contributed by atoms with E-state index in [1.807, 2.05) is 30.9 Å². The SMILES string of the molecule is CC1CN(S(=O)(=O)c2ccc(C(=O)N3CCCC3c3ccncc3)cc2)CC(C)O1. The van der Waals surface area contributed by atoms with Gasteiger partial charge in [0.2, 0.25) is 10.0 Å². The molecule has 2 fully saturated rings. The predicted octanol–water partition coefficient (Wildman–Crippen LogP) is 2.86. The van der Waals surface area contributed by atoms with Gasteiger partial charge >= 0.3 is 0 Å². The molecule has 4 rings (SSSR count). The van der Waals surface area contributed by atoms with Crippen molar-refractivity contribution in [2.24, 2.45) is 0 Å². The third kappa shape index (κ3) is 4.12. The Kier molecular flexibility index (Phi) is 5.90. The first-order valence-corrected chi connectivity index (χ1v) is 11.8. The van der Waals surface area contributed by atoms with Gasteiger partial charge in [-0.25, -0.2) is 8.42 Å². The van der Waals surface area contributed by atoms with E-state index in [4.69, 9.17) is 4.74 Å². The molecule has 160 valence electrons. The van der Waals surface area contributed by atoms with Crippen LogP contribution in [0.15, 0.2) is 53.7 Å². The first kappa shape index (κ1) is 21.0. The standard InChI is InChI=1S/C22H27N3O4S/c1-16-14-24(15-17(2)29-16)30(27,28)20-7-5-19(6-8-20)22(26)25-13-3-4-21(25)18-9-11-23-12-10-18/h5-12,16-17,21H,3-4,13-15H2,1-2H3. The molecule has 0 spiro atoms. The topological polar surface area (TPSA) is 79.8 Å². The van der Waals surface area contributed by atoms with Gasteiger partial charge in [0.25, 0.3) is 5.91 Å². The van der Waals surface area contributed by atoms with Crippen LogP contribution in [0, 0.1) is 0 Å². The van der Waals surface area contributed by atoms with Gasteiger partial charge in [0.15, 0.2) is 0 Å². The molecule has 7 nitrogen and oxygen atoms in total. The number of rotatable bonds is 4. The summed E-state index contributed by atoms with van der Waals surface area (Å²) >= 11 is 0. The van der Waals surface area contributed by atoms with Gasteiger partial charge in [-0.1, -0.05) is 0 Å². The van der Waals surface area contributed by atoms with Gasteiger partial charge in [0, 0.05) is 37.6 Å². The first-order valence-electron chi connectivity index (χ1n) is 10.3. The average Bonchev–Trinajstić information content (AvgIpc) is 3.23. The van der Waals surface area contributed by atoms with Crippen LogP contribution in [0.4, 0.5) is 0 Å². The summed E-state index contributed by atoms with van der Waals surface area (Å²) in [6.07, 6.45) is 5.04. The minimum atomic E-state index is -3.62. The zero-order chi connectivity index (χ0) is 21.3. The van der Waals surface area contributed by atoms with Crippen LogP contribution in [0.5, 0.6) is 0 Å². The summed E-state index contributed by atoms with van der Waals surface area (Å²) in [7, 11) is -3.62. The van der Waals surface area contributed by atoms with Crippen molar-refractivity contribution in [3.05, 3.63) is 59.9 Å². The van der Waals surface area contributed by atoms with Crippen molar-refractivity contribution < 1.29 is 17.9 Å². The van der Waals surface area contributed by atoms with Crippen LogP contribution >= 0.6 is 0 Å². The Balaban J connectivity index is 1.52. The van der Waals surface area contributed by atoms with Crippen LogP contribution in [0.25, 0.3) is 0 Å². The van der Waals surface area contributed by atoms with Crippen molar-refractivity contribution in [3.63, 3.8) is 0 Å². The summed E-state index contributed by atoms with van der Waals surface area (Å²) in [5.41, 5.74) is 1.57. The summed E-state index contributed by atoms with van der Waals surface area (Å²) in [4.78, 5) is 19.2. The van der Waals surface area contributed by atoms with Crippen molar-refractivity contribution in [1.29, 1.82) is 0 Å². The van der Waals surface area contributed by atoms with E-state index in [-0.39, 0.29) is 29.1 Å². The maximum Gasteiger partial charge on any atom is 0.254 e. The molecule has 0 radical (unpaired) electrons. The van der Waals surface area contributed by atoms with E-state index in [0.717, 1.165) is 18.4 Å². The van der Waals surface area contributed by atoms with Crippen LogP contribution in [0.2, 0.25) is 0 Å². The van der Waals surface area contributed by atoms with E-state index in [9.17, 15) is 13.2 Å². The molecular formula is C22H27N3O4S. The normalized spacial score (nSPS) is 25.4. The average molecular weight is 430 g/mol. The molecule has 3 heterocycles. The lowest BCUT2D eigenvalue weighted by molar-refractivity contribution is -0.0440. The molecule has 30 heavy (non-hydrogen) atoms. The van der Waals surface area contributed by atoms with E-state index < -0.39 is 10.0 Å². The van der Waals surface area contributed by atoms with Gasteiger partial charge in [-0.15, -0.1) is 0 Å². The zero-order valence-corrected chi connectivity index (χ0v) is 18.1. The minimum Gasteiger partial charge on any atom is -0.373 e. The number of benzene rings is 1. The molecule has 8 heteroatoms. The lowest BCUT2D eigenvalue weighted by Crippen LogP contribution is -2.48. The minimum absolute atomic E-state index is 0.0280. The van der Waals surface area contributed by atoms with E-state index in [1.54, 1.807) is 24.5 Å². The Morgan fingerprint density at radius 1 is 1.03 bits per heavy atom. The third-order valence-corrected chi connectivity index (χ3v) is 7.58. The van der Waals surface area contributed by atoms with Gasteiger partial charge in [0.05, 0.1) is 23.1 Å².